The molecule has 0 amide bonds. The van der Waals surface area contributed by atoms with Crippen LogP contribution in [-0.2, 0) is 9.53 Å². The van der Waals surface area contributed by atoms with Crippen molar-refractivity contribution < 1.29 is 18.7 Å². The summed E-state index contributed by atoms with van der Waals surface area (Å²) in [7, 11) is 1.34. The van der Waals surface area contributed by atoms with E-state index < -0.39 is 11.5 Å². The van der Waals surface area contributed by atoms with Gasteiger partial charge in [-0.3, -0.25) is 4.79 Å². The molecule has 1 aliphatic carbocycles. The molecular weight excluding hydrogens is 261 g/mol. The normalized spacial score (nSPS) is 26.1. The summed E-state index contributed by atoms with van der Waals surface area (Å²) in [5.41, 5.74) is 5.86. The van der Waals surface area contributed by atoms with E-state index in [0.717, 1.165) is 18.4 Å². The number of carbonyl (C=O) groups excluding carboxylic acids is 1. The summed E-state index contributed by atoms with van der Waals surface area (Å²) in [5, 5.41) is 0. The van der Waals surface area contributed by atoms with E-state index in [9.17, 15) is 9.18 Å². The minimum Gasteiger partial charge on any atom is -0.490 e. The van der Waals surface area contributed by atoms with E-state index in [1.807, 2.05) is 0 Å². The van der Waals surface area contributed by atoms with Gasteiger partial charge in [-0.05, 0) is 49.9 Å². The van der Waals surface area contributed by atoms with Gasteiger partial charge >= 0.3 is 5.97 Å². The van der Waals surface area contributed by atoms with Gasteiger partial charge in [0.2, 0.25) is 0 Å². The molecule has 1 aliphatic rings. The number of hydrogen-bond acceptors (Lipinski definition) is 4. The van der Waals surface area contributed by atoms with Crippen LogP contribution in [0.4, 0.5) is 4.39 Å². The van der Waals surface area contributed by atoms with Crippen molar-refractivity contribution in [2.24, 2.45) is 5.73 Å². The molecule has 1 fully saturated rings. The molecule has 2 N–H and O–H groups in total. The maximum absolute atomic E-state index is 13.1. The van der Waals surface area contributed by atoms with Crippen LogP contribution < -0.4 is 10.5 Å². The van der Waals surface area contributed by atoms with Gasteiger partial charge in [-0.2, -0.15) is 0 Å². The SMILES string of the molecule is COC(=O)C1(N)CCCC(Oc2ccc(F)cc2C)C1. The third kappa shape index (κ3) is 3.10. The Bertz CT molecular complexity index is 506. The first-order valence-electron chi connectivity index (χ1n) is 6.75. The Labute approximate surface area is 118 Å². The summed E-state index contributed by atoms with van der Waals surface area (Å²) in [6, 6.07) is 4.39. The zero-order chi connectivity index (χ0) is 14.8. The van der Waals surface area contributed by atoms with Crippen molar-refractivity contribution in [1.29, 1.82) is 0 Å². The number of benzene rings is 1. The molecule has 0 bridgehead atoms. The lowest BCUT2D eigenvalue weighted by Crippen LogP contribution is -2.54. The van der Waals surface area contributed by atoms with Crippen LogP contribution in [0.25, 0.3) is 0 Å². The first kappa shape index (κ1) is 14.8. The van der Waals surface area contributed by atoms with Crippen LogP contribution in [0.5, 0.6) is 5.75 Å². The van der Waals surface area contributed by atoms with Crippen molar-refractivity contribution >= 4 is 5.97 Å². The maximum atomic E-state index is 13.1. The summed E-state index contributed by atoms with van der Waals surface area (Å²) in [6.07, 6.45) is 2.49. The fourth-order valence-corrected chi connectivity index (χ4v) is 2.67. The van der Waals surface area contributed by atoms with Crippen molar-refractivity contribution in [3.05, 3.63) is 29.6 Å². The summed E-state index contributed by atoms with van der Waals surface area (Å²) in [5.74, 6) is -0.0617. The Kier molecular flexibility index (Phi) is 4.28. The molecule has 0 heterocycles. The van der Waals surface area contributed by atoms with Gasteiger partial charge in [-0.15, -0.1) is 0 Å². The van der Waals surface area contributed by atoms with Crippen LogP contribution >= 0.6 is 0 Å². The Balaban J connectivity index is 2.08. The van der Waals surface area contributed by atoms with Crippen molar-refractivity contribution in [3.63, 3.8) is 0 Å². The lowest BCUT2D eigenvalue weighted by molar-refractivity contribution is -0.149. The molecule has 0 spiro atoms. The molecule has 1 aromatic carbocycles. The number of methoxy groups -OCH3 is 1. The van der Waals surface area contributed by atoms with E-state index >= 15 is 0 Å². The van der Waals surface area contributed by atoms with Gasteiger partial charge in [-0.1, -0.05) is 0 Å². The number of rotatable bonds is 3. The first-order chi connectivity index (χ1) is 9.44. The second-order valence-corrected chi connectivity index (χ2v) is 5.39. The molecule has 2 rings (SSSR count). The highest BCUT2D eigenvalue weighted by Crippen LogP contribution is 2.31. The van der Waals surface area contributed by atoms with Crippen LogP contribution in [-0.4, -0.2) is 24.7 Å². The largest absolute Gasteiger partial charge is 0.490 e. The van der Waals surface area contributed by atoms with Gasteiger partial charge in [0.25, 0.3) is 0 Å². The molecule has 0 aromatic heterocycles. The van der Waals surface area contributed by atoms with E-state index in [1.165, 1.54) is 19.2 Å². The topological polar surface area (TPSA) is 61.5 Å². The molecule has 0 aliphatic heterocycles. The zero-order valence-electron chi connectivity index (χ0n) is 11.8. The van der Waals surface area contributed by atoms with Gasteiger partial charge in [0.15, 0.2) is 0 Å². The lowest BCUT2D eigenvalue weighted by Gasteiger charge is -2.35. The molecule has 1 saturated carbocycles. The Morgan fingerprint density at radius 1 is 1.50 bits per heavy atom. The zero-order valence-corrected chi connectivity index (χ0v) is 11.8. The fourth-order valence-electron chi connectivity index (χ4n) is 2.67. The van der Waals surface area contributed by atoms with E-state index in [0.29, 0.717) is 18.6 Å². The molecular formula is C15H20FNO3. The summed E-state index contributed by atoms with van der Waals surface area (Å²) >= 11 is 0. The smallest absolute Gasteiger partial charge is 0.325 e. The summed E-state index contributed by atoms with van der Waals surface area (Å²) < 4.78 is 23.7. The highest BCUT2D eigenvalue weighted by Gasteiger charge is 2.41. The van der Waals surface area contributed by atoms with Crippen molar-refractivity contribution in [1.82, 2.24) is 0 Å². The third-order valence-corrected chi connectivity index (χ3v) is 3.76. The van der Waals surface area contributed by atoms with Crippen molar-refractivity contribution in [3.8, 4) is 5.75 Å². The van der Waals surface area contributed by atoms with E-state index in [1.54, 1.807) is 13.0 Å². The standard InChI is InChI=1S/C15H20FNO3/c1-10-8-11(16)5-6-13(10)20-12-4-3-7-15(17,9-12)14(18)19-2/h5-6,8,12H,3-4,7,9,17H2,1-2H3. The number of hydrogen-bond donors (Lipinski definition) is 1. The number of ether oxygens (including phenoxy) is 2. The highest BCUT2D eigenvalue weighted by molar-refractivity contribution is 5.80. The monoisotopic (exact) mass is 281 g/mol. The van der Waals surface area contributed by atoms with Crippen LogP contribution in [0.3, 0.4) is 0 Å². The molecule has 5 heteroatoms. The number of esters is 1. The van der Waals surface area contributed by atoms with Crippen LogP contribution in [0.2, 0.25) is 0 Å². The minimum atomic E-state index is -0.981. The molecule has 4 nitrogen and oxygen atoms in total. The van der Waals surface area contributed by atoms with Gasteiger partial charge in [0, 0.05) is 6.42 Å². The van der Waals surface area contributed by atoms with Crippen molar-refractivity contribution in [2.75, 3.05) is 7.11 Å². The molecule has 0 saturated heterocycles. The van der Waals surface area contributed by atoms with Crippen LogP contribution in [0.1, 0.15) is 31.2 Å². The number of carbonyl (C=O) groups is 1. The van der Waals surface area contributed by atoms with Crippen LogP contribution in [0, 0.1) is 12.7 Å². The number of aryl methyl sites for hydroxylation is 1. The van der Waals surface area contributed by atoms with E-state index in [4.69, 9.17) is 15.2 Å². The summed E-state index contributed by atoms with van der Waals surface area (Å²) in [6.45, 7) is 1.79. The fraction of sp³-hybridized carbons (Fsp3) is 0.533. The predicted molar refractivity (Wildman–Crippen MR) is 73.0 cm³/mol. The first-order valence-corrected chi connectivity index (χ1v) is 6.75. The third-order valence-electron chi connectivity index (χ3n) is 3.76. The molecule has 1 aromatic rings. The van der Waals surface area contributed by atoms with Gasteiger partial charge in [-0.25, -0.2) is 4.39 Å². The Morgan fingerprint density at radius 3 is 2.90 bits per heavy atom. The van der Waals surface area contributed by atoms with Gasteiger partial charge < -0.3 is 15.2 Å². The number of nitrogens with two attached hydrogens (primary N) is 1. The van der Waals surface area contributed by atoms with Gasteiger partial charge in [0.1, 0.15) is 23.2 Å². The lowest BCUT2D eigenvalue weighted by atomic mass is 9.81. The molecule has 20 heavy (non-hydrogen) atoms. The van der Waals surface area contributed by atoms with Crippen molar-refractivity contribution in [2.45, 2.75) is 44.2 Å². The van der Waals surface area contributed by atoms with Gasteiger partial charge in [0.05, 0.1) is 7.11 Å². The minimum absolute atomic E-state index is 0.156. The Hall–Kier alpha value is -1.62. The second-order valence-electron chi connectivity index (χ2n) is 5.39. The average Bonchev–Trinajstić information content (AvgIpc) is 2.41. The maximum Gasteiger partial charge on any atom is 0.325 e. The second kappa shape index (κ2) is 5.79. The number of halogens is 1. The molecule has 2 unspecified atom stereocenters. The molecule has 0 radical (unpaired) electrons. The molecule has 2 atom stereocenters. The highest BCUT2D eigenvalue weighted by atomic mass is 19.1. The Morgan fingerprint density at radius 2 is 2.25 bits per heavy atom. The van der Waals surface area contributed by atoms with E-state index in [2.05, 4.69) is 0 Å². The van der Waals surface area contributed by atoms with Crippen LogP contribution in [0.15, 0.2) is 18.2 Å². The quantitative estimate of drug-likeness (QED) is 0.864. The average molecular weight is 281 g/mol. The molecule has 110 valence electrons. The van der Waals surface area contributed by atoms with E-state index in [-0.39, 0.29) is 11.9 Å². The summed E-state index contributed by atoms with van der Waals surface area (Å²) in [4.78, 5) is 11.7. The predicted octanol–water partition coefficient (Wildman–Crippen LogP) is 2.33.